The largest absolute Gasteiger partial charge is 0.516 e. The Kier molecular flexibility index (Phi) is 7.18. The third-order valence-corrected chi connectivity index (χ3v) is 5.14. The van der Waals surface area contributed by atoms with E-state index in [-0.39, 0.29) is 29.0 Å². The number of aromatic nitrogens is 3. The number of hydrogen-bond acceptors (Lipinski definition) is 8. The number of hydrogen-bond donors (Lipinski definition) is 3. The van der Waals surface area contributed by atoms with Crippen LogP contribution in [0.3, 0.4) is 0 Å². The van der Waals surface area contributed by atoms with Gasteiger partial charge in [0.25, 0.3) is 0 Å². The summed E-state index contributed by atoms with van der Waals surface area (Å²) in [5, 5.41) is 11.3. The second-order valence-corrected chi connectivity index (χ2v) is 8.16. The number of thioether (sulfide) groups is 1. The lowest BCUT2D eigenvalue weighted by Gasteiger charge is -2.14. The molecule has 2 aromatic rings. The summed E-state index contributed by atoms with van der Waals surface area (Å²) in [5.41, 5.74) is -5.67. The molecular formula is C14H14F5N5O3S2. The van der Waals surface area contributed by atoms with E-state index < -0.39 is 39.2 Å². The Hall–Kier alpha value is -2.26. The molecule has 1 aromatic carbocycles. The van der Waals surface area contributed by atoms with Gasteiger partial charge < -0.3 is 10.4 Å². The average Bonchev–Trinajstić information content (AvgIpc) is 2.61. The molecule has 0 aliphatic rings. The maximum absolute atomic E-state index is 13.7. The van der Waals surface area contributed by atoms with Crippen molar-refractivity contribution in [2.75, 3.05) is 16.6 Å². The van der Waals surface area contributed by atoms with E-state index in [2.05, 4.69) is 20.3 Å². The summed E-state index contributed by atoms with van der Waals surface area (Å²) in [5.74, 6) is -3.67. The van der Waals surface area contributed by atoms with Crippen molar-refractivity contribution in [3.63, 3.8) is 0 Å². The highest BCUT2D eigenvalue weighted by Crippen LogP contribution is 2.27. The molecule has 0 unspecified atom stereocenters. The van der Waals surface area contributed by atoms with Crippen molar-refractivity contribution in [1.82, 2.24) is 15.0 Å². The predicted molar refractivity (Wildman–Crippen MR) is 94.5 cm³/mol. The Morgan fingerprint density at radius 2 is 1.83 bits per heavy atom. The minimum absolute atomic E-state index is 0.0638. The minimum atomic E-state index is -5.80. The molecule has 0 amide bonds. The number of nitrogens with one attached hydrogen (secondary N) is 2. The molecule has 0 saturated carbocycles. The van der Waals surface area contributed by atoms with Gasteiger partial charge in [-0.2, -0.15) is 36.5 Å². The topological polar surface area (TPSA) is 117 Å². The van der Waals surface area contributed by atoms with E-state index in [0.717, 1.165) is 6.07 Å². The van der Waals surface area contributed by atoms with Gasteiger partial charge in [-0.1, -0.05) is 23.9 Å². The molecule has 0 spiro atoms. The van der Waals surface area contributed by atoms with Crippen LogP contribution in [-0.2, 0) is 15.8 Å². The van der Waals surface area contributed by atoms with E-state index in [1.54, 1.807) is 0 Å². The first-order valence-electron chi connectivity index (χ1n) is 7.71. The van der Waals surface area contributed by atoms with E-state index in [1.807, 2.05) is 0 Å². The number of aliphatic hydroxyl groups is 1. The maximum atomic E-state index is 13.7. The van der Waals surface area contributed by atoms with Gasteiger partial charge in [0.05, 0.1) is 6.61 Å². The third kappa shape index (κ3) is 6.11. The quantitative estimate of drug-likeness (QED) is 0.407. The molecule has 1 atom stereocenters. The summed E-state index contributed by atoms with van der Waals surface area (Å²) in [7, 11) is -5.80. The van der Waals surface area contributed by atoms with Gasteiger partial charge in [0, 0.05) is 17.4 Å². The van der Waals surface area contributed by atoms with Gasteiger partial charge in [-0.15, -0.1) is 0 Å². The molecule has 1 heterocycles. The van der Waals surface area contributed by atoms with Gasteiger partial charge in [0.2, 0.25) is 11.9 Å². The molecule has 160 valence electrons. The van der Waals surface area contributed by atoms with E-state index in [9.17, 15) is 30.4 Å². The van der Waals surface area contributed by atoms with Crippen molar-refractivity contribution in [2.45, 2.75) is 29.4 Å². The maximum Gasteiger partial charge on any atom is 0.516 e. The van der Waals surface area contributed by atoms with Crippen LogP contribution in [0.25, 0.3) is 0 Å². The molecule has 15 heteroatoms. The Labute approximate surface area is 166 Å². The Bertz CT molecular complexity index is 975. The van der Waals surface area contributed by atoms with Crippen LogP contribution in [0.5, 0.6) is 0 Å². The van der Waals surface area contributed by atoms with Crippen LogP contribution in [0.4, 0.5) is 33.8 Å². The predicted octanol–water partition coefficient (Wildman–Crippen LogP) is 2.50. The first-order chi connectivity index (χ1) is 13.4. The minimum Gasteiger partial charge on any atom is -0.394 e. The number of nitrogens with zero attached hydrogens (tertiary/aromatic N) is 3. The van der Waals surface area contributed by atoms with Crippen LogP contribution in [0.2, 0.25) is 0 Å². The van der Waals surface area contributed by atoms with Crippen LogP contribution >= 0.6 is 11.8 Å². The zero-order valence-corrected chi connectivity index (χ0v) is 16.2. The normalized spacial score (nSPS) is 13.2. The van der Waals surface area contributed by atoms with E-state index in [0.29, 0.717) is 11.8 Å². The SMILES string of the molecule is C[C@H](CO)Nc1nc(NS(=O)(=O)C(F)(F)F)nc(SCc2cccc(F)c2F)n1. The zero-order chi connectivity index (χ0) is 21.8. The second-order valence-electron chi connectivity index (χ2n) is 5.55. The van der Waals surface area contributed by atoms with Crippen LogP contribution in [0.1, 0.15) is 12.5 Å². The molecule has 0 fully saturated rings. The Morgan fingerprint density at radius 3 is 2.45 bits per heavy atom. The Morgan fingerprint density at radius 1 is 1.17 bits per heavy atom. The first kappa shape index (κ1) is 23.0. The van der Waals surface area contributed by atoms with Crippen molar-refractivity contribution in [3.8, 4) is 0 Å². The third-order valence-electron chi connectivity index (χ3n) is 3.18. The number of aliphatic hydroxyl groups excluding tert-OH is 1. The molecule has 0 aliphatic heterocycles. The van der Waals surface area contributed by atoms with Crippen molar-refractivity contribution in [1.29, 1.82) is 0 Å². The summed E-state index contributed by atoms with van der Waals surface area (Å²) < 4.78 is 88.5. The van der Waals surface area contributed by atoms with Crippen LogP contribution in [0.15, 0.2) is 23.4 Å². The van der Waals surface area contributed by atoms with Crippen molar-refractivity contribution in [2.24, 2.45) is 0 Å². The highest BCUT2D eigenvalue weighted by molar-refractivity contribution is 7.98. The summed E-state index contributed by atoms with van der Waals surface area (Å²) in [4.78, 5) is 11.0. The van der Waals surface area contributed by atoms with Gasteiger partial charge in [-0.05, 0) is 13.0 Å². The molecule has 0 saturated heterocycles. The first-order valence-corrected chi connectivity index (χ1v) is 10.2. The monoisotopic (exact) mass is 459 g/mol. The van der Waals surface area contributed by atoms with Gasteiger partial charge in [0.15, 0.2) is 16.8 Å². The van der Waals surface area contributed by atoms with Crippen LogP contribution in [-0.4, -0.2) is 46.6 Å². The molecular weight excluding hydrogens is 445 g/mol. The molecule has 2 rings (SSSR count). The summed E-state index contributed by atoms with van der Waals surface area (Å²) in [6.07, 6.45) is 0. The van der Waals surface area contributed by atoms with Gasteiger partial charge in [-0.3, -0.25) is 0 Å². The number of sulfonamides is 1. The van der Waals surface area contributed by atoms with Crippen LogP contribution < -0.4 is 10.0 Å². The number of rotatable bonds is 8. The lowest BCUT2D eigenvalue weighted by Crippen LogP contribution is -2.31. The molecule has 0 bridgehead atoms. The smallest absolute Gasteiger partial charge is 0.394 e. The zero-order valence-electron chi connectivity index (χ0n) is 14.5. The lowest BCUT2D eigenvalue weighted by molar-refractivity contribution is -0.0429. The fraction of sp³-hybridized carbons (Fsp3) is 0.357. The highest BCUT2D eigenvalue weighted by Gasteiger charge is 2.46. The standard InChI is InChI=1S/C14H14F5N5O3S2/c1-7(5-25)20-11-21-12(24-29(26,27)14(17,18)19)23-13(22-11)28-6-8-3-2-4-9(15)10(8)16/h2-4,7,25H,5-6H2,1H3,(H2,20,21,22,23,24)/t7-/m1/s1. The van der Waals surface area contributed by atoms with Crippen LogP contribution in [0, 0.1) is 11.6 Å². The van der Waals surface area contributed by atoms with E-state index in [1.165, 1.54) is 23.8 Å². The van der Waals surface area contributed by atoms with E-state index in [4.69, 9.17) is 5.11 Å². The molecule has 1 aromatic heterocycles. The molecule has 3 N–H and O–H groups in total. The fourth-order valence-electron chi connectivity index (χ4n) is 1.78. The van der Waals surface area contributed by atoms with Crippen molar-refractivity contribution < 1.29 is 35.5 Å². The average molecular weight is 459 g/mol. The number of benzene rings is 1. The molecule has 0 radical (unpaired) electrons. The molecule has 0 aliphatic carbocycles. The molecule has 29 heavy (non-hydrogen) atoms. The fourth-order valence-corrected chi connectivity index (χ4v) is 3.03. The van der Waals surface area contributed by atoms with Crippen molar-refractivity contribution >= 4 is 33.7 Å². The second kappa shape index (κ2) is 9.04. The number of halogens is 5. The highest BCUT2D eigenvalue weighted by atomic mass is 32.2. The lowest BCUT2D eigenvalue weighted by atomic mass is 10.2. The summed E-state index contributed by atoms with van der Waals surface area (Å²) in [6, 6.07) is 2.84. The van der Waals surface area contributed by atoms with Gasteiger partial charge in [0.1, 0.15) is 0 Å². The van der Waals surface area contributed by atoms with Crippen molar-refractivity contribution in [3.05, 3.63) is 35.4 Å². The van der Waals surface area contributed by atoms with Gasteiger partial charge in [-0.25, -0.2) is 13.5 Å². The summed E-state index contributed by atoms with van der Waals surface area (Å²) >= 11 is 0.705. The number of alkyl halides is 3. The van der Waals surface area contributed by atoms with Gasteiger partial charge >= 0.3 is 15.5 Å². The Balaban J connectivity index is 2.32. The number of anilines is 2. The summed E-state index contributed by atoms with van der Waals surface area (Å²) in [6.45, 7) is 1.12. The molecule has 8 nitrogen and oxygen atoms in total. The van der Waals surface area contributed by atoms with E-state index >= 15 is 0 Å².